The van der Waals surface area contributed by atoms with Gasteiger partial charge in [0.1, 0.15) is 10.5 Å². The van der Waals surface area contributed by atoms with Crippen molar-refractivity contribution in [2.45, 2.75) is 19.9 Å². The van der Waals surface area contributed by atoms with Crippen molar-refractivity contribution in [1.29, 1.82) is 0 Å². The summed E-state index contributed by atoms with van der Waals surface area (Å²) in [4.78, 5) is 17.4. The van der Waals surface area contributed by atoms with Gasteiger partial charge >= 0.3 is 6.03 Å². The number of rotatable bonds is 4. The van der Waals surface area contributed by atoms with Gasteiger partial charge in [0.05, 0.1) is 17.9 Å². The van der Waals surface area contributed by atoms with Crippen LogP contribution in [0.1, 0.15) is 24.2 Å². The molecule has 2 amide bonds. The Balaban J connectivity index is 1.40. The first-order valence-corrected chi connectivity index (χ1v) is 9.55. The van der Waals surface area contributed by atoms with E-state index in [1.807, 2.05) is 38.1 Å². The van der Waals surface area contributed by atoms with E-state index in [1.54, 1.807) is 16.2 Å². The lowest BCUT2D eigenvalue weighted by molar-refractivity contribution is 0.249. The summed E-state index contributed by atoms with van der Waals surface area (Å²) < 4.78 is 1.69. The van der Waals surface area contributed by atoms with Gasteiger partial charge < -0.3 is 5.32 Å². The van der Waals surface area contributed by atoms with E-state index in [9.17, 15) is 4.79 Å². The van der Waals surface area contributed by atoms with E-state index in [0.29, 0.717) is 5.13 Å². The summed E-state index contributed by atoms with van der Waals surface area (Å²) in [6, 6.07) is 7.40. The van der Waals surface area contributed by atoms with Crippen molar-refractivity contribution in [1.82, 2.24) is 30.1 Å². The van der Waals surface area contributed by atoms with Crippen molar-refractivity contribution in [3.8, 4) is 10.6 Å². The third-order valence-corrected chi connectivity index (χ3v) is 5.32. The van der Waals surface area contributed by atoms with Crippen LogP contribution in [0.15, 0.2) is 36.0 Å². The van der Waals surface area contributed by atoms with Gasteiger partial charge in [0.2, 0.25) is 10.1 Å². The van der Waals surface area contributed by atoms with E-state index in [1.165, 1.54) is 28.2 Å². The van der Waals surface area contributed by atoms with Crippen LogP contribution >= 0.6 is 22.7 Å². The van der Waals surface area contributed by atoms with Gasteiger partial charge in [0.15, 0.2) is 0 Å². The molecule has 3 heterocycles. The number of nitrogens with zero attached hydrogens (tertiary/aromatic N) is 5. The predicted molar refractivity (Wildman–Crippen MR) is 102 cm³/mol. The number of urea groups is 1. The highest BCUT2D eigenvalue weighted by molar-refractivity contribution is 7.18. The quantitative estimate of drug-likeness (QED) is 0.560. The van der Waals surface area contributed by atoms with Gasteiger partial charge in [0, 0.05) is 5.56 Å². The number of amides is 2. The van der Waals surface area contributed by atoms with Crippen LogP contribution in [0.3, 0.4) is 0 Å². The largest absolute Gasteiger partial charge is 0.330 e. The molecular formula is C16H15N7OS2. The van der Waals surface area contributed by atoms with Crippen LogP contribution in [0.5, 0.6) is 0 Å². The second kappa shape index (κ2) is 6.81. The molecule has 132 valence electrons. The third-order valence-electron chi connectivity index (χ3n) is 3.74. The first-order valence-electron chi connectivity index (χ1n) is 7.85. The molecule has 1 aromatic carbocycles. The Bertz CT molecular complexity index is 1020. The highest BCUT2D eigenvalue weighted by Crippen LogP contribution is 2.26. The number of anilines is 1. The van der Waals surface area contributed by atoms with Gasteiger partial charge in [0.25, 0.3) is 0 Å². The van der Waals surface area contributed by atoms with Gasteiger partial charge in [-0.1, -0.05) is 52.5 Å². The average molecular weight is 385 g/mol. The molecule has 3 aromatic heterocycles. The maximum absolute atomic E-state index is 12.2. The normalized spacial score (nSPS) is 12.2. The molecule has 0 aliphatic rings. The zero-order valence-corrected chi connectivity index (χ0v) is 15.6. The van der Waals surface area contributed by atoms with Gasteiger partial charge in [-0.3, -0.25) is 5.32 Å². The first-order chi connectivity index (χ1) is 12.6. The molecule has 26 heavy (non-hydrogen) atoms. The molecule has 0 bridgehead atoms. The van der Waals surface area contributed by atoms with Crippen molar-refractivity contribution >= 4 is 38.8 Å². The molecule has 0 aliphatic carbocycles. The Morgan fingerprint density at radius 1 is 1.23 bits per heavy atom. The van der Waals surface area contributed by atoms with Crippen LogP contribution in [0.2, 0.25) is 0 Å². The van der Waals surface area contributed by atoms with E-state index in [2.05, 4.69) is 30.9 Å². The molecule has 0 radical (unpaired) electrons. The first kappa shape index (κ1) is 16.6. The fourth-order valence-electron chi connectivity index (χ4n) is 2.35. The molecule has 0 fully saturated rings. The zero-order chi connectivity index (χ0) is 18.1. The van der Waals surface area contributed by atoms with E-state index in [-0.39, 0.29) is 12.1 Å². The molecule has 0 spiro atoms. The second-order valence-electron chi connectivity index (χ2n) is 5.73. The highest BCUT2D eigenvalue weighted by atomic mass is 32.1. The number of imidazole rings is 1. The number of carbonyl (C=O) groups excluding carboxylic acids is 1. The molecule has 1 atom stereocenters. The minimum Gasteiger partial charge on any atom is -0.330 e. The number of aromatic nitrogens is 5. The van der Waals surface area contributed by atoms with Crippen molar-refractivity contribution in [2.24, 2.45) is 0 Å². The predicted octanol–water partition coefficient (Wildman–Crippen LogP) is 3.50. The number of carbonyl (C=O) groups is 1. The van der Waals surface area contributed by atoms with E-state index >= 15 is 0 Å². The number of hydrogen-bond acceptors (Lipinski definition) is 7. The Morgan fingerprint density at radius 3 is 2.81 bits per heavy atom. The molecule has 10 heteroatoms. The van der Waals surface area contributed by atoms with Gasteiger partial charge in [-0.05, 0) is 13.8 Å². The minimum absolute atomic E-state index is 0.256. The summed E-state index contributed by atoms with van der Waals surface area (Å²) >= 11 is 2.77. The summed E-state index contributed by atoms with van der Waals surface area (Å²) in [5.41, 5.74) is 4.62. The van der Waals surface area contributed by atoms with Crippen LogP contribution in [-0.2, 0) is 0 Å². The topological polar surface area (TPSA) is 97.1 Å². The van der Waals surface area contributed by atoms with Crippen LogP contribution in [0.4, 0.5) is 9.93 Å². The zero-order valence-electron chi connectivity index (χ0n) is 14.0. The van der Waals surface area contributed by atoms with Crippen molar-refractivity contribution in [3.05, 3.63) is 47.2 Å². The number of fused-ring (bicyclic) bond motifs is 1. The van der Waals surface area contributed by atoms with Crippen LogP contribution in [-0.4, -0.2) is 30.8 Å². The standard InChI is InChI=1S/C16H15N7OS2/c1-9-3-5-11(6-4-9)13-21-22-15(26-13)20-14(24)18-10(2)12-7-23-16(19-12)25-8-17-23/h3-8,10H,1-2H3,(H2,18,20,22,24). The summed E-state index contributed by atoms with van der Waals surface area (Å²) in [7, 11) is 0. The Hall–Kier alpha value is -2.85. The molecule has 0 saturated heterocycles. The molecule has 4 rings (SSSR count). The maximum Gasteiger partial charge on any atom is 0.321 e. The minimum atomic E-state index is -0.353. The number of benzene rings is 1. The maximum atomic E-state index is 12.2. The molecule has 2 N–H and O–H groups in total. The number of aryl methyl sites for hydroxylation is 1. The summed E-state index contributed by atoms with van der Waals surface area (Å²) in [5.74, 6) is 0. The van der Waals surface area contributed by atoms with Gasteiger partial charge in [-0.25, -0.2) is 14.3 Å². The number of hydrogen-bond donors (Lipinski definition) is 2. The SMILES string of the molecule is Cc1ccc(-c2nnc(NC(=O)NC(C)c3cn4ncsc4n3)s2)cc1. The monoisotopic (exact) mass is 385 g/mol. The Morgan fingerprint density at radius 2 is 2.04 bits per heavy atom. The molecule has 0 aliphatic heterocycles. The molecule has 0 saturated carbocycles. The number of nitrogens with one attached hydrogen (secondary N) is 2. The smallest absolute Gasteiger partial charge is 0.321 e. The Labute approximate surface area is 156 Å². The lowest BCUT2D eigenvalue weighted by atomic mass is 10.2. The average Bonchev–Trinajstić information content (AvgIpc) is 3.30. The van der Waals surface area contributed by atoms with E-state index in [0.717, 1.165) is 21.2 Å². The third kappa shape index (κ3) is 3.41. The van der Waals surface area contributed by atoms with Crippen LogP contribution in [0, 0.1) is 6.92 Å². The summed E-state index contributed by atoms with van der Waals surface area (Å²) in [6.07, 6.45) is 1.80. The van der Waals surface area contributed by atoms with Crippen LogP contribution in [0.25, 0.3) is 15.5 Å². The lowest BCUT2D eigenvalue weighted by Gasteiger charge is -2.10. The van der Waals surface area contributed by atoms with E-state index < -0.39 is 0 Å². The summed E-state index contributed by atoms with van der Waals surface area (Å²) in [5, 5.41) is 19.1. The van der Waals surface area contributed by atoms with Gasteiger partial charge in [-0.2, -0.15) is 5.10 Å². The van der Waals surface area contributed by atoms with Crippen molar-refractivity contribution in [2.75, 3.05) is 5.32 Å². The fraction of sp³-hybridized carbons (Fsp3) is 0.188. The molecular weight excluding hydrogens is 370 g/mol. The van der Waals surface area contributed by atoms with Gasteiger partial charge in [-0.15, -0.1) is 10.2 Å². The van der Waals surface area contributed by atoms with E-state index in [4.69, 9.17) is 0 Å². The van der Waals surface area contributed by atoms with Crippen molar-refractivity contribution in [3.63, 3.8) is 0 Å². The van der Waals surface area contributed by atoms with Crippen LogP contribution < -0.4 is 10.6 Å². The molecule has 4 aromatic rings. The molecule has 8 nitrogen and oxygen atoms in total. The second-order valence-corrected chi connectivity index (χ2v) is 7.52. The van der Waals surface area contributed by atoms with Crippen molar-refractivity contribution < 1.29 is 4.79 Å². The highest BCUT2D eigenvalue weighted by Gasteiger charge is 2.15. The lowest BCUT2D eigenvalue weighted by Crippen LogP contribution is -2.31. The fourth-order valence-corrected chi connectivity index (χ4v) is 3.71. The summed E-state index contributed by atoms with van der Waals surface area (Å²) in [6.45, 7) is 3.89. The molecule has 1 unspecified atom stereocenters. The Kier molecular flexibility index (Phi) is 4.35.